The second kappa shape index (κ2) is 3.83. The predicted molar refractivity (Wildman–Crippen MR) is 60.1 cm³/mol. The molecule has 0 radical (unpaired) electrons. The van der Waals surface area contributed by atoms with E-state index in [1.165, 1.54) is 11.5 Å². The van der Waals surface area contributed by atoms with Gasteiger partial charge in [-0.1, -0.05) is 0 Å². The van der Waals surface area contributed by atoms with Crippen LogP contribution in [0, 0.1) is 0 Å². The fraction of sp³-hybridized carbons (Fsp3) is 0.500. The zero-order valence-corrected chi connectivity index (χ0v) is 9.13. The first-order valence-corrected chi connectivity index (χ1v) is 5.99. The lowest BCUT2D eigenvalue weighted by molar-refractivity contribution is 0.446. The molecule has 0 saturated carbocycles. The van der Waals surface area contributed by atoms with E-state index in [0.29, 0.717) is 5.92 Å². The van der Waals surface area contributed by atoms with Gasteiger partial charge in [0.25, 0.3) is 0 Å². The van der Waals surface area contributed by atoms with Gasteiger partial charge in [-0.25, -0.2) is 9.97 Å². The molecule has 2 aromatic rings. The van der Waals surface area contributed by atoms with Gasteiger partial charge in [0.2, 0.25) is 0 Å². The molecule has 2 aromatic heterocycles. The van der Waals surface area contributed by atoms with Gasteiger partial charge in [-0.3, -0.25) is 0 Å². The van der Waals surface area contributed by atoms with E-state index in [2.05, 4.69) is 19.7 Å². The molecule has 0 aromatic carbocycles. The largest absolute Gasteiger partial charge is 0.317 e. The van der Waals surface area contributed by atoms with E-state index in [9.17, 15) is 0 Å². The van der Waals surface area contributed by atoms with E-state index in [0.717, 1.165) is 42.0 Å². The lowest BCUT2D eigenvalue weighted by Gasteiger charge is -2.20. The topological polar surface area (TPSA) is 50.7 Å². The van der Waals surface area contributed by atoms with Crippen molar-refractivity contribution in [3.8, 4) is 0 Å². The summed E-state index contributed by atoms with van der Waals surface area (Å²) in [6.07, 6.45) is 6.01. The second-order valence-corrected chi connectivity index (χ2v) is 4.66. The van der Waals surface area contributed by atoms with Gasteiger partial charge < -0.3 is 5.32 Å². The van der Waals surface area contributed by atoms with Crippen LogP contribution in [0.15, 0.2) is 12.4 Å². The van der Waals surface area contributed by atoms with E-state index in [-0.39, 0.29) is 0 Å². The molecule has 0 unspecified atom stereocenters. The van der Waals surface area contributed by atoms with Crippen LogP contribution in [0.4, 0.5) is 0 Å². The van der Waals surface area contributed by atoms with Gasteiger partial charge in [0, 0.05) is 5.92 Å². The second-order valence-electron chi connectivity index (χ2n) is 3.83. The minimum Gasteiger partial charge on any atom is -0.317 e. The maximum Gasteiger partial charge on any atom is 0.132 e. The molecule has 3 heterocycles. The van der Waals surface area contributed by atoms with Gasteiger partial charge >= 0.3 is 0 Å². The van der Waals surface area contributed by atoms with E-state index < -0.39 is 0 Å². The van der Waals surface area contributed by atoms with E-state index in [1.807, 2.05) is 12.4 Å². The molecular weight excluding hydrogens is 208 g/mol. The van der Waals surface area contributed by atoms with Crippen LogP contribution < -0.4 is 5.32 Å². The summed E-state index contributed by atoms with van der Waals surface area (Å²) in [6.45, 7) is 2.15. The number of hydrogen-bond acceptors (Lipinski definition) is 5. The minimum absolute atomic E-state index is 0.524. The van der Waals surface area contributed by atoms with Crippen LogP contribution in [0.1, 0.15) is 24.6 Å². The summed E-state index contributed by atoms with van der Waals surface area (Å²) in [4.78, 5) is 9.00. The van der Waals surface area contributed by atoms with E-state index in [1.54, 1.807) is 0 Å². The predicted octanol–water partition coefficient (Wildman–Crippen LogP) is 1.55. The smallest absolute Gasteiger partial charge is 0.132 e. The molecule has 15 heavy (non-hydrogen) atoms. The summed E-state index contributed by atoms with van der Waals surface area (Å²) in [5.74, 6) is 1.51. The molecule has 1 aliphatic heterocycles. The molecule has 1 N–H and O–H groups in total. The zero-order chi connectivity index (χ0) is 10.1. The standard InChI is InChI=1S/C10H12N4S/c1-3-11-4-2-7(1)10-12-6-9-8(14-10)5-13-15-9/h5-7,11H,1-4H2. The van der Waals surface area contributed by atoms with Gasteiger partial charge in [-0.15, -0.1) is 0 Å². The van der Waals surface area contributed by atoms with Gasteiger partial charge in [-0.2, -0.15) is 4.37 Å². The number of rotatable bonds is 1. The number of piperidine rings is 1. The minimum atomic E-state index is 0.524. The summed E-state index contributed by atoms with van der Waals surface area (Å²) < 4.78 is 5.19. The quantitative estimate of drug-likeness (QED) is 0.792. The summed E-state index contributed by atoms with van der Waals surface area (Å²) in [5.41, 5.74) is 0.989. The Labute approximate surface area is 91.9 Å². The highest BCUT2D eigenvalue weighted by Gasteiger charge is 2.18. The van der Waals surface area contributed by atoms with Crippen molar-refractivity contribution in [3.05, 3.63) is 18.2 Å². The Hall–Kier alpha value is -1.07. The van der Waals surface area contributed by atoms with Crippen LogP contribution in [0.2, 0.25) is 0 Å². The third kappa shape index (κ3) is 1.72. The summed E-state index contributed by atoms with van der Waals surface area (Å²) in [6, 6.07) is 0. The zero-order valence-electron chi connectivity index (χ0n) is 8.31. The Kier molecular flexibility index (Phi) is 2.34. The number of aromatic nitrogens is 3. The van der Waals surface area contributed by atoms with Crippen LogP contribution in [0.25, 0.3) is 10.2 Å². The third-order valence-corrected chi connectivity index (χ3v) is 3.55. The van der Waals surface area contributed by atoms with Crippen molar-refractivity contribution in [2.45, 2.75) is 18.8 Å². The lowest BCUT2D eigenvalue weighted by Crippen LogP contribution is -2.27. The van der Waals surface area contributed by atoms with E-state index in [4.69, 9.17) is 0 Å². The molecule has 4 nitrogen and oxygen atoms in total. The number of nitrogens with one attached hydrogen (secondary N) is 1. The molecule has 0 amide bonds. The van der Waals surface area contributed by atoms with Crippen molar-refractivity contribution in [2.24, 2.45) is 0 Å². The maximum absolute atomic E-state index is 4.57. The number of nitrogens with zero attached hydrogens (tertiary/aromatic N) is 3. The van der Waals surface area contributed by atoms with Gasteiger partial charge in [0.05, 0.1) is 17.1 Å². The van der Waals surface area contributed by atoms with Crippen LogP contribution in [-0.4, -0.2) is 27.4 Å². The first-order chi connectivity index (χ1) is 7.43. The van der Waals surface area contributed by atoms with Gasteiger partial charge in [0.1, 0.15) is 11.3 Å². The Morgan fingerprint density at radius 1 is 1.27 bits per heavy atom. The molecule has 1 fully saturated rings. The maximum atomic E-state index is 4.57. The summed E-state index contributed by atoms with van der Waals surface area (Å²) >= 11 is 1.46. The Morgan fingerprint density at radius 2 is 2.13 bits per heavy atom. The van der Waals surface area contributed by atoms with Crippen LogP contribution in [0.3, 0.4) is 0 Å². The van der Waals surface area contributed by atoms with Crippen LogP contribution in [0.5, 0.6) is 0 Å². The highest BCUT2D eigenvalue weighted by atomic mass is 32.1. The Bertz CT molecular complexity index is 461. The van der Waals surface area contributed by atoms with Gasteiger partial charge in [-0.05, 0) is 37.5 Å². The Morgan fingerprint density at radius 3 is 3.00 bits per heavy atom. The lowest BCUT2D eigenvalue weighted by atomic mass is 9.97. The number of fused-ring (bicyclic) bond motifs is 1. The van der Waals surface area contributed by atoms with Crippen molar-refractivity contribution in [2.75, 3.05) is 13.1 Å². The fourth-order valence-electron chi connectivity index (χ4n) is 1.97. The first kappa shape index (κ1) is 9.18. The summed E-state index contributed by atoms with van der Waals surface area (Å²) in [7, 11) is 0. The van der Waals surface area contributed by atoms with Crippen molar-refractivity contribution >= 4 is 21.7 Å². The molecule has 1 aliphatic rings. The van der Waals surface area contributed by atoms with Crippen molar-refractivity contribution in [1.29, 1.82) is 0 Å². The average Bonchev–Trinajstić information content (AvgIpc) is 2.77. The average molecular weight is 220 g/mol. The monoisotopic (exact) mass is 220 g/mol. The summed E-state index contributed by atoms with van der Waals surface area (Å²) in [5, 5.41) is 3.35. The first-order valence-electron chi connectivity index (χ1n) is 5.21. The fourth-order valence-corrected chi connectivity index (χ4v) is 2.53. The number of hydrogen-bond donors (Lipinski definition) is 1. The van der Waals surface area contributed by atoms with Crippen LogP contribution >= 0.6 is 11.5 Å². The Balaban J connectivity index is 1.95. The molecule has 0 bridgehead atoms. The molecule has 0 spiro atoms. The van der Waals surface area contributed by atoms with Crippen LogP contribution in [-0.2, 0) is 0 Å². The highest BCUT2D eigenvalue weighted by molar-refractivity contribution is 7.13. The van der Waals surface area contributed by atoms with Crippen molar-refractivity contribution in [1.82, 2.24) is 19.7 Å². The molecule has 0 atom stereocenters. The SMILES string of the molecule is c1nsc2cnc(C3CCNCC3)nc12. The highest BCUT2D eigenvalue weighted by Crippen LogP contribution is 2.24. The molecule has 3 rings (SSSR count). The van der Waals surface area contributed by atoms with Gasteiger partial charge in [0.15, 0.2) is 0 Å². The molecular formula is C10H12N4S. The molecule has 5 heteroatoms. The normalized spacial score (nSPS) is 18.4. The molecule has 0 aliphatic carbocycles. The van der Waals surface area contributed by atoms with Crippen molar-refractivity contribution in [3.63, 3.8) is 0 Å². The third-order valence-electron chi connectivity index (χ3n) is 2.83. The molecule has 78 valence electrons. The van der Waals surface area contributed by atoms with Crippen molar-refractivity contribution < 1.29 is 0 Å². The molecule has 1 saturated heterocycles. The van der Waals surface area contributed by atoms with E-state index >= 15 is 0 Å².